The molecule has 3 heteroatoms. The molecule has 0 amide bonds. The summed E-state index contributed by atoms with van der Waals surface area (Å²) < 4.78 is 5.31. The molecular formula is C6H12O2S. The number of hydrogen-bond donors (Lipinski definition) is 1. The summed E-state index contributed by atoms with van der Waals surface area (Å²) in [5.41, 5.74) is 0. The van der Waals surface area contributed by atoms with Crippen LogP contribution in [0.5, 0.6) is 0 Å². The fourth-order valence-corrected chi connectivity index (χ4v) is 1.75. The number of aliphatic hydroxyl groups is 1. The van der Waals surface area contributed by atoms with Crippen molar-refractivity contribution in [3.05, 3.63) is 0 Å². The average Bonchev–Trinajstić information content (AvgIpc) is 2.16. The molecule has 1 fully saturated rings. The normalized spacial score (nSPS) is 39.0. The molecule has 1 saturated heterocycles. The molecule has 0 radical (unpaired) electrons. The summed E-state index contributed by atoms with van der Waals surface area (Å²) in [7, 11) is 0. The van der Waals surface area contributed by atoms with Crippen molar-refractivity contribution in [2.45, 2.75) is 24.9 Å². The van der Waals surface area contributed by atoms with Crippen molar-refractivity contribution < 1.29 is 9.84 Å². The molecular weight excluding hydrogens is 136 g/mol. The van der Waals surface area contributed by atoms with Crippen molar-refractivity contribution in [3.8, 4) is 0 Å². The Bertz CT molecular complexity index is 97.2. The Kier molecular flexibility index (Phi) is 2.03. The number of ether oxygens (including phenoxy) is 1. The zero-order chi connectivity index (χ0) is 6.91. The Morgan fingerprint density at radius 3 is 2.67 bits per heavy atom. The molecule has 2 nitrogen and oxygen atoms in total. The minimum atomic E-state index is -0.370. The van der Waals surface area contributed by atoms with Crippen LogP contribution in [0.15, 0.2) is 0 Å². The number of thioether (sulfide) groups is 1. The van der Waals surface area contributed by atoms with Crippen LogP contribution >= 0.6 is 11.8 Å². The van der Waals surface area contributed by atoms with Crippen molar-refractivity contribution in [1.82, 2.24) is 0 Å². The molecule has 1 heterocycles. The standard InChI is InChI=1S/C6H12O2S/c1-5(7)6(2)8-3-4-9-6/h5,7H,3-4H2,1-2H3. The highest BCUT2D eigenvalue weighted by Gasteiger charge is 2.35. The lowest BCUT2D eigenvalue weighted by molar-refractivity contribution is -0.0256. The fourth-order valence-electron chi connectivity index (χ4n) is 0.772. The van der Waals surface area contributed by atoms with Crippen LogP contribution in [0, 0.1) is 0 Å². The van der Waals surface area contributed by atoms with E-state index in [1.165, 1.54) is 0 Å². The van der Waals surface area contributed by atoms with Gasteiger partial charge in [-0.1, -0.05) is 0 Å². The van der Waals surface area contributed by atoms with E-state index in [-0.39, 0.29) is 11.0 Å². The van der Waals surface area contributed by atoms with E-state index in [1.54, 1.807) is 18.7 Å². The Morgan fingerprint density at radius 1 is 1.78 bits per heavy atom. The van der Waals surface area contributed by atoms with Gasteiger partial charge in [-0.25, -0.2) is 0 Å². The van der Waals surface area contributed by atoms with Gasteiger partial charge in [0, 0.05) is 5.75 Å². The second-order valence-corrected chi connectivity index (χ2v) is 3.90. The number of rotatable bonds is 1. The molecule has 2 atom stereocenters. The summed E-state index contributed by atoms with van der Waals surface area (Å²) in [6.45, 7) is 4.46. The van der Waals surface area contributed by atoms with Crippen molar-refractivity contribution in [1.29, 1.82) is 0 Å². The first-order valence-corrected chi connectivity index (χ1v) is 4.10. The lowest BCUT2D eigenvalue weighted by Gasteiger charge is -2.24. The van der Waals surface area contributed by atoms with Gasteiger partial charge in [0.25, 0.3) is 0 Å². The third-order valence-electron chi connectivity index (χ3n) is 1.62. The van der Waals surface area contributed by atoms with Gasteiger partial charge in [0.05, 0.1) is 12.7 Å². The predicted molar refractivity (Wildman–Crippen MR) is 38.5 cm³/mol. The van der Waals surface area contributed by atoms with Gasteiger partial charge in [-0.15, -0.1) is 11.8 Å². The van der Waals surface area contributed by atoms with Gasteiger partial charge in [0.2, 0.25) is 0 Å². The van der Waals surface area contributed by atoms with E-state index in [2.05, 4.69) is 0 Å². The molecule has 1 aliphatic heterocycles. The Labute approximate surface area is 59.6 Å². The molecule has 54 valence electrons. The molecule has 0 saturated carbocycles. The maximum atomic E-state index is 9.17. The first kappa shape index (κ1) is 7.38. The van der Waals surface area contributed by atoms with E-state index in [9.17, 15) is 0 Å². The molecule has 1 aliphatic rings. The van der Waals surface area contributed by atoms with Crippen LogP contribution in [0.3, 0.4) is 0 Å². The summed E-state index contributed by atoms with van der Waals surface area (Å²) in [5, 5.41) is 9.17. The summed E-state index contributed by atoms with van der Waals surface area (Å²) in [4.78, 5) is -0.333. The Morgan fingerprint density at radius 2 is 2.44 bits per heavy atom. The molecule has 0 aromatic carbocycles. The Hall–Kier alpha value is 0.270. The minimum absolute atomic E-state index is 0.333. The van der Waals surface area contributed by atoms with Crippen LogP contribution in [0.4, 0.5) is 0 Å². The number of hydrogen-bond acceptors (Lipinski definition) is 3. The fraction of sp³-hybridized carbons (Fsp3) is 1.00. The van der Waals surface area contributed by atoms with Crippen LogP contribution in [0.25, 0.3) is 0 Å². The molecule has 0 aliphatic carbocycles. The topological polar surface area (TPSA) is 29.5 Å². The van der Waals surface area contributed by atoms with E-state index >= 15 is 0 Å². The summed E-state index contributed by atoms with van der Waals surface area (Å²) in [6, 6.07) is 0. The van der Waals surface area contributed by atoms with Gasteiger partial charge < -0.3 is 9.84 Å². The summed E-state index contributed by atoms with van der Waals surface area (Å²) >= 11 is 1.68. The third kappa shape index (κ3) is 1.39. The highest BCUT2D eigenvalue weighted by atomic mass is 32.2. The van der Waals surface area contributed by atoms with Crippen LogP contribution in [0.1, 0.15) is 13.8 Å². The van der Waals surface area contributed by atoms with Crippen molar-refractivity contribution in [2.24, 2.45) is 0 Å². The molecule has 0 aromatic heterocycles. The summed E-state index contributed by atoms with van der Waals surface area (Å²) in [5.74, 6) is 1.00. The van der Waals surface area contributed by atoms with Crippen molar-refractivity contribution >= 4 is 11.8 Å². The predicted octanol–water partition coefficient (Wildman–Crippen LogP) is 0.847. The first-order valence-electron chi connectivity index (χ1n) is 3.11. The quantitative estimate of drug-likeness (QED) is 0.597. The Balaban J connectivity index is 2.51. The zero-order valence-electron chi connectivity index (χ0n) is 5.76. The highest BCUT2D eigenvalue weighted by molar-refractivity contribution is 8.00. The lowest BCUT2D eigenvalue weighted by atomic mass is 10.2. The van der Waals surface area contributed by atoms with Gasteiger partial charge in [-0.3, -0.25) is 0 Å². The van der Waals surface area contributed by atoms with E-state index in [0.717, 1.165) is 12.4 Å². The first-order chi connectivity index (χ1) is 4.15. The van der Waals surface area contributed by atoms with Gasteiger partial charge in [0.1, 0.15) is 4.93 Å². The monoisotopic (exact) mass is 148 g/mol. The zero-order valence-corrected chi connectivity index (χ0v) is 6.57. The van der Waals surface area contributed by atoms with E-state index < -0.39 is 0 Å². The van der Waals surface area contributed by atoms with Crippen LogP contribution in [-0.4, -0.2) is 28.5 Å². The highest BCUT2D eigenvalue weighted by Crippen LogP contribution is 2.34. The summed E-state index contributed by atoms with van der Waals surface area (Å²) in [6.07, 6.45) is -0.370. The minimum Gasteiger partial charge on any atom is -0.389 e. The molecule has 1 rings (SSSR count). The van der Waals surface area contributed by atoms with Gasteiger partial charge in [-0.2, -0.15) is 0 Å². The largest absolute Gasteiger partial charge is 0.389 e. The van der Waals surface area contributed by atoms with E-state index in [1.807, 2.05) is 6.92 Å². The van der Waals surface area contributed by atoms with Gasteiger partial charge in [-0.05, 0) is 13.8 Å². The smallest absolute Gasteiger partial charge is 0.136 e. The van der Waals surface area contributed by atoms with Crippen molar-refractivity contribution in [2.75, 3.05) is 12.4 Å². The molecule has 0 aromatic rings. The van der Waals surface area contributed by atoms with E-state index in [0.29, 0.717) is 0 Å². The van der Waals surface area contributed by atoms with Crippen LogP contribution in [0.2, 0.25) is 0 Å². The van der Waals surface area contributed by atoms with Crippen LogP contribution < -0.4 is 0 Å². The molecule has 0 spiro atoms. The lowest BCUT2D eigenvalue weighted by Crippen LogP contribution is -2.33. The van der Waals surface area contributed by atoms with Gasteiger partial charge >= 0.3 is 0 Å². The third-order valence-corrected chi connectivity index (χ3v) is 3.02. The maximum absolute atomic E-state index is 9.17. The van der Waals surface area contributed by atoms with Crippen LogP contribution in [-0.2, 0) is 4.74 Å². The SMILES string of the molecule is CC(O)C1(C)OCCS1. The van der Waals surface area contributed by atoms with E-state index in [4.69, 9.17) is 9.84 Å². The molecule has 2 unspecified atom stereocenters. The molecule has 1 N–H and O–H groups in total. The molecule has 0 bridgehead atoms. The average molecular weight is 148 g/mol. The second kappa shape index (κ2) is 2.48. The maximum Gasteiger partial charge on any atom is 0.136 e. The van der Waals surface area contributed by atoms with Crippen molar-refractivity contribution in [3.63, 3.8) is 0 Å². The molecule has 9 heavy (non-hydrogen) atoms. The second-order valence-electron chi connectivity index (χ2n) is 2.39. The van der Waals surface area contributed by atoms with Gasteiger partial charge in [0.15, 0.2) is 0 Å². The number of aliphatic hydroxyl groups excluding tert-OH is 1.